The van der Waals surface area contributed by atoms with E-state index in [-0.39, 0.29) is 5.84 Å². The summed E-state index contributed by atoms with van der Waals surface area (Å²) >= 11 is 0. The summed E-state index contributed by atoms with van der Waals surface area (Å²) in [5.41, 5.74) is 6.40. The van der Waals surface area contributed by atoms with Crippen molar-refractivity contribution < 1.29 is 9.53 Å². The van der Waals surface area contributed by atoms with Crippen molar-refractivity contribution in [2.45, 2.75) is 0 Å². The third-order valence-electron chi connectivity index (χ3n) is 1.70. The number of methoxy groups -OCH3 is 1. The first kappa shape index (κ1) is 10.8. The molecule has 0 aliphatic heterocycles. The number of nitrogens with one attached hydrogen (secondary N) is 1. The van der Waals surface area contributed by atoms with Gasteiger partial charge in [-0.2, -0.15) is 0 Å². The van der Waals surface area contributed by atoms with Crippen LogP contribution in [0.25, 0.3) is 0 Å². The van der Waals surface area contributed by atoms with Gasteiger partial charge in [0, 0.05) is 17.0 Å². The molecule has 0 heterocycles. The highest BCUT2D eigenvalue weighted by molar-refractivity contribution is 5.98. The number of ether oxygens (including phenoxy) is 1. The van der Waals surface area contributed by atoms with Crippen LogP contribution in [0.15, 0.2) is 24.3 Å². The number of hydrogen-bond acceptors (Lipinski definition) is 3. The van der Waals surface area contributed by atoms with Gasteiger partial charge in [-0.1, -0.05) is 24.1 Å². The van der Waals surface area contributed by atoms with E-state index in [0.29, 0.717) is 11.1 Å². The van der Waals surface area contributed by atoms with E-state index in [1.54, 1.807) is 24.3 Å². The molecule has 3 N–H and O–H groups in total. The largest absolute Gasteiger partial charge is 0.459 e. The van der Waals surface area contributed by atoms with Crippen LogP contribution in [0.5, 0.6) is 0 Å². The maximum atomic E-state index is 10.8. The molecule has 0 aliphatic rings. The van der Waals surface area contributed by atoms with Crippen LogP contribution >= 0.6 is 0 Å². The van der Waals surface area contributed by atoms with Crippen molar-refractivity contribution in [1.82, 2.24) is 0 Å². The van der Waals surface area contributed by atoms with Gasteiger partial charge in [0.2, 0.25) is 0 Å². The van der Waals surface area contributed by atoms with E-state index in [9.17, 15) is 4.79 Å². The summed E-state index contributed by atoms with van der Waals surface area (Å²) in [6, 6.07) is 6.87. The highest BCUT2D eigenvalue weighted by Gasteiger charge is 2.01. The Bertz CT molecular complexity index is 455. The first-order chi connectivity index (χ1) is 7.15. The second-order valence-corrected chi connectivity index (χ2v) is 2.70. The summed E-state index contributed by atoms with van der Waals surface area (Å²) in [7, 11) is 1.26. The zero-order valence-corrected chi connectivity index (χ0v) is 8.20. The second-order valence-electron chi connectivity index (χ2n) is 2.70. The van der Waals surface area contributed by atoms with E-state index in [1.165, 1.54) is 7.11 Å². The van der Waals surface area contributed by atoms with Crippen molar-refractivity contribution in [2.24, 2.45) is 5.73 Å². The highest BCUT2D eigenvalue weighted by Crippen LogP contribution is 2.05. The van der Waals surface area contributed by atoms with Gasteiger partial charge < -0.3 is 10.5 Å². The predicted molar refractivity (Wildman–Crippen MR) is 56.4 cm³/mol. The highest BCUT2D eigenvalue weighted by atomic mass is 16.5. The number of nitrogen functional groups attached to an aromatic ring is 1. The molecule has 0 fully saturated rings. The number of carbonyl (C=O) groups is 1. The minimum atomic E-state index is -0.617. The number of rotatable bonds is 1. The SMILES string of the molecule is COC(=O)C#Cc1ccccc1C(=N)N. The van der Waals surface area contributed by atoms with Crippen LogP contribution in [0.1, 0.15) is 11.1 Å². The van der Waals surface area contributed by atoms with Crippen LogP contribution in [-0.4, -0.2) is 18.9 Å². The third kappa shape index (κ3) is 2.85. The zero-order valence-electron chi connectivity index (χ0n) is 8.20. The molecule has 0 spiro atoms. The van der Waals surface area contributed by atoms with Crippen molar-refractivity contribution in [1.29, 1.82) is 5.41 Å². The Morgan fingerprint density at radius 1 is 1.47 bits per heavy atom. The molecule has 15 heavy (non-hydrogen) atoms. The molecule has 0 atom stereocenters. The Morgan fingerprint density at radius 2 is 2.13 bits per heavy atom. The number of carbonyl (C=O) groups excluding carboxylic acids is 1. The van der Waals surface area contributed by atoms with Crippen molar-refractivity contribution in [3.05, 3.63) is 35.4 Å². The molecule has 0 unspecified atom stereocenters. The van der Waals surface area contributed by atoms with Gasteiger partial charge in [0.25, 0.3) is 0 Å². The van der Waals surface area contributed by atoms with Gasteiger partial charge in [-0.25, -0.2) is 4.79 Å². The van der Waals surface area contributed by atoms with Crippen LogP contribution in [0.3, 0.4) is 0 Å². The molecular formula is C11H10N2O2. The summed E-state index contributed by atoms with van der Waals surface area (Å²) in [6.45, 7) is 0. The topological polar surface area (TPSA) is 76.2 Å². The van der Waals surface area contributed by atoms with Crippen LogP contribution < -0.4 is 5.73 Å². The van der Waals surface area contributed by atoms with Gasteiger partial charge in [-0.15, -0.1) is 0 Å². The predicted octanol–water partition coefficient (Wildman–Crippen LogP) is 0.495. The standard InChI is InChI=1S/C11H10N2O2/c1-15-10(14)7-6-8-4-2-3-5-9(8)11(12)13/h2-5H,1H3,(H3,12,13). The van der Waals surface area contributed by atoms with Gasteiger partial charge in [-0.05, 0) is 6.07 Å². The Kier molecular flexibility index (Phi) is 3.47. The lowest BCUT2D eigenvalue weighted by molar-refractivity contribution is -0.133. The van der Waals surface area contributed by atoms with E-state index in [0.717, 1.165) is 0 Å². The van der Waals surface area contributed by atoms with Gasteiger partial charge in [0.15, 0.2) is 0 Å². The molecule has 76 valence electrons. The monoisotopic (exact) mass is 202 g/mol. The van der Waals surface area contributed by atoms with Crippen LogP contribution in [-0.2, 0) is 9.53 Å². The smallest absolute Gasteiger partial charge is 0.384 e. The molecule has 4 nitrogen and oxygen atoms in total. The fraction of sp³-hybridized carbons (Fsp3) is 0.0909. The Labute approximate surface area is 87.6 Å². The maximum absolute atomic E-state index is 10.8. The number of amidine groups is 1. The quantitative estimate of drug-likeness (QED) is 0.301. The molecule has 1 rings (SSSR count). The number of esters is 1. The van der Waals surface area contributed by atoms with E-state index in [4.69, 9.17) is 11.1 Å². The van der Waals surface area contributed by atoms with E-state index < -0.39 is 5.97 Å². The molecule has 0 saturated heterocycles. The van der Waals surface area contributed by atoms with Crippen molar-refractivity contribution in [3.8, 4) is 11.8 Å². The average Bonchev–Trinajstić information content (AvgIpc) is 2.26. The molecule has 0 aromatic heterocycles. The minimum Gasteiger partial charge on any atom is -0.459 e. The Hall–Kier alpha value is -2.28. The number of nitrogens with two attached hydrogens (primary N) is 1. The number of hydrogen-bond donors (Lipinski definition) is 2. The normalized spacial score (nSPS) is 8.60. The lowest BCUT2D eigenvalue weighted by Crippen LogP contribution is -2.12. The molecule has 1 aromatic rings. The van der Waals surface area contributed by atoms with E-state index >= 15 is 0 Å². The molecular weight excluding hydrogens is 192 g/mol. The lowest BCUT2D eigenvalue weighted by Gasteiger charge is -2.00. The minimum absolute atomic E-state index is 0.0789. The molecule has 1 aromatic carbocycles. The Morgan fingerprint density at radius 3 is 2.73 bits per heavy atom. The van der Waals surface area contributed by atoms with Crippen molar-refractivity contribution >= 4 is 11.8 Å². The van der Waals surface area contributed by atoms with Gasteiger partial charge >= 0.3 is 5.97 Å². The van der Waals surface area contributed by atoms with Gasteiger partial charge in [0.05, 0.1) is 7.11 Å². The van der Waals surface area contributed by atoms with Crippen molar-refractivity contribution in [3.63, 3.8) is 0 Å². The third-order valence-corrected chi connectivity index (χ3v) is 1.70. The maximum Gasteiger partial charge on any atom is 0.384 e. The summed E-state index contributed by atoms with van der Waals surface area (Å²) in [6.07, 6.45) is 0. The van der Waals surface area contributed by atoms with Gasteiger partial charge in [0.1, 0.15) is 5.84 Å². The summed E-state index contributed by atoms with van der Waals surface area (Å²) < 4.78 is 4.37. The van der Waals surface area contributed by atoms with Crippen LogP contribution in [0.4, 0.5) is 0 Å². The molecule has 0 bridgehead atoms. The fourth-order valence-corrected chi connectivity index (χ4v) is 0.996. The second kappa shape index (κ2) is 4.82. The lowest BCUT2D eigenvalue weighted by atomic mass is 10.1. The summed E-state index contributed by atoms with van der Waals surface area (Å²) in [4.78, 5) is 10.8. The summed E-state index contributed by atoms with van der Waals surface area (Å²) in [5.74, 6) is 4.18. The van der Waals surface area contributed by atoms with E-state index in [1.807, 2.05) is 0 Å². The van der Waals surface area contributed by atoms with Gasteiger partial charge in [-0.3, -0.25) is 5.41 Å². The fourth-order valence-electron chi connectivity index (χ4n) is 0.996. The zero-order chi connectivity index (χ0) is 11.3. The van der Waals surface area contributed by atoms with Crippen LogP contribution in [0.2, 0.25) is 0 Å². The molecule has 0 aliphatic carbocycles. The number of benzene rings is 1. The first-order valence-electron chi connectivity index (χ1n) is 4.18. The molecule has 0 saturated carbocycles. The van der Waals surface area contributed by atoms with Crippen LogP contribution in [0, 0.1) is 17.3 Å². The summed E-state index contributed by atoms with van der Waals surface area (Å²) in [5, 5.41) is 7.30. The van der Waals surface area contributed by atoms with Crippen molar-refractivity contribution in [2.75, 3.05) is 7.11 Å². The molecule has 0 radical (unpaired) electrons. The Balaban J connectivity index is 3.08. The molecule has 4 heteroatoms. The van der Waals surface area contributed by atoms with E-state index in [2.05, 4.69) is 16.6 Å². The first-order valence-corrected chi connectivity index (χ1v) is 4.18. The average molecular weight is 202 g/mol. The molecule has 0 amide bonds.